The van der Waals surface area contributed by atoms with Crippen molar-refractivity contribution >= 4 is 10.0 Å². The van der Waals surface area contributed by atoms with Crippen LogP contribution >= 0.6 is 0 Å². The summed E-state index contributed by atoms with van der Waals surface area (Å²) in [4.78, 5) is 2.56. The van der Waals surface area contributed by atoms with Crippen molar-refractivity contribution in [3.8, 4) is 17.6 Å². The number of sulfonamides is 1. The maximum atomic E-state index is 12.5. The Morgan fingerprint density at radius 1 is 1.14 bits per heavy atom. The first-order chi connectivity index (χ1) is 13.6. The van der Waals surface area contributed by atoms with Crippen molar-refractivity contribution in [2.75, 3.05) is 33.3 Å². The SMILES string of the molecule is COc1ccc(S(=O)(=O)NCC2CCCN(CC#Cc3ccccc3)C2)cc1. The van der Waals surface area contributed by atoms with Crippen molar-refractivity contribution in [2.45, 2.75) is 17.7 Å². The maximum Gasteiger partial charge on any atom is 0.240 e. The summed E-state index contributed by atoms with van der Waals surface area (Å²) >= 11 is 0. The summed E-state index contributed by atoms with van der Waals surface area (Å²) in [5.41, 5.74) is 1.02. The molecule has 148 valence electrons. The highest BCUT2D eigenvalue weighted by molar-refractivity contribution is 7.89. The number of nitrogens with zero attached hydrogens (tertiary/aromatic N) is 1. The third-order valence-electron chi connectivity index (χ3n) is 4.84. The Balaban J connectivity index is 1.51. The quantitative estimate of drug-likeness (QED) is 0.760. The monoisotopic (exact) mass is 398 g/mol. The van der Waals surface area contributed by atoms with Crippen LogP contribution in [0.2, 0.25) is 0 Å². The first kappa shape index (κ1) is 20.4. The van der Waals surface area contributed by atoms with Gasteiger partial charge in [0.05, 0.1) is 18.6 Å². The van der Waals surface area contributed by atoms with Crippen LogP contribution in [0.3, 0.4) is 0 Å². The topological polar surface area (TPSA) is 58.6 Å². The minimum absolute atomic E-state index is 0.259. The van der Waals surface area contributed by atoms with Crippen molar-refractivity contribution in [2.24, 2.45) is 5.92 Å². The van der Waals surface area contributed by atoms with E-state index in [9.17, 15) is 8.42 Å². The number of piperidine rings is 1. The molecule has 28 heavy (non-hydrogen) atoms. The van der Waals surface area contributed by atoms with Gasteiger partial charge >= 0.3 is 0 Å². The number of likely N-dealkylation sites (tertiary alicyclic amines) is 1. The molecule has 0 radical (unpaired) electrons. The molecule has 2 aromatic rings. The minimum atomic E-state index is -3.51. The Labute approximate surface area is 167 Å². The largest absolute Gasteiger partial charge is 0.497 e. The second-order valence-electron chi connectivity index (χ2n) is 6.94. The summed E-state index contributed by atoms with van der Waals surface area (Å²) in [7, 11) is -1.95. The lowest BCUT2D eigenvalue weighted by atomic mass is 9.98. The summed E-state index contributed by atoms with van der Waals surface area (Å²) in [5.74, 6) is 7.34. The normalized spacial score (nSPS) is 17.5. The number of methoxy groups -OCH3 is 1. The van der Waals surface area contributed by atoms with Gasteiger partial charge in [0.1, 0.15) is 5.75 Å². The van der Waals surface area contributed by atoms with Crippen LogP contribution < -0.4 is 9.46 Å². The Hall–Kier alpha value is -2.33. The van der Waals surface area contributed by atoms with Gasteiger partial charge in [-0.25, -0.2) is 13.1 Å². The van der Waals surface area contributed by atoms with Crippen LogP contribution in [0.15, 0.2) is 59.5 Å². The molecule has 1 aliphatic heterocycles. The van der Waals surface area contributed by atoms with E-state index in [1.54, 1.807) is 31.4 Å². The van der Waals surface area contributed by atoms with E-state index in [1.807, 2.05) is 30.3 Å². The van der Waals surface area contributed by atoms with Crippen molar-refractivity contribution in [1.82, 2.24) is 9.62 Å². The highest BCUT2D eigenvalue weighted by atomic mass is 32.2. The van der Waals surface area contributed by atoms with Gasteiger partial charge in [0.2, 0.25) is 10.0 Å². The van der Waals surface area contributed by atoms with E-state index in [0.717, 1.165) is 31.5 Å². The highest BCUT2D eigenvalue weighted by Crippen LogP contribution is 2.18. The number of hydrogen-bond donors (Lipinski definition) is 1. The molecule has 0 bridgehead atoms. The summed E-state index contributed by atoms with van der Waals surface area (Å²) < 4.78 is 32.8. The summed E-state index contributed by atoms with van der Waals surface area (Å²) in [6.07, 6.45) is 2.08. The van der Waals surface area contributed by atoms with Gasteiger partial charge in [-0.05, 0) is 61.7 Å². The molecular weight excluding hydrogens is 372 g/mol. The number of benzene rings is 2. The number of rotatable bonds is 6. The molecule has 1 atom stereocenters. The Kier molecular flexibility index (Phi) is 7.10. The number of hydrogen-bond acceptors (Lipinski definition) is 4. The molecule has 1 fully saturated rings. The smallest absolute Gasteiger partial charge is 0.240 e. The zero-order chi connectivity index (χ0) is 19.8. The first-order valence-corrected chi connectivity index (χ1v) is 10.9. The summed E-state index contributed by atoms with van der Waals surface area (Å²) in [5, 5.41) is 0. The molecule has 1 saturated heterocycles. The second kappa shape index (κ2) is 9.74. The van der Waals surface area contributed by atoms with Crippen LogP contribution in [-0.4, -0.2) is 46.6 Å². The van der Waals surface area contributed by atoms with Gasteiger partial charge in [0, 0.05) is 18.7 Å². The van der Waals surface area contributed by atoms with Crippen LogP contribution in [0, 0.1) is 17.8 Å². The molecule has 0 aromatic heterocycles. The standard InChI is InChI=1S/C22H26N2O3S/c1-27-21-11-13-22(14-12-21)28(25,26)23-17-20-10-6-16-24(18-20)15-5-9-19-7-3-2-4-8-19/h2-4,7-8,11-14,20,23H,6,10,15-18H2,1H3. The highest BCUT2D eigenvalue weighted by Gasteiger charge is 2.22. The van der Waals surface area contributed by atoms with E-state index in [1.165, 1.54) is 0 Å². The molecule has 0 spiro atoms. The fourth-order valence-electron chi connectivity index (χ4n) is 3.30. The summed E-state index contributed by atoms with van der Waals surface area (Å²) in [6, 6.07) is 16.4. The van der Waals surface area contributed by atoms with Gasteiger partial charge in [-0.3, -0.25) is 4.90 Å². The van der Waals surface area contributed by atoms with E-state index in [2.05, 4.69) is 21.5 Å². The van der Waals surface area contributed by atoms with Gasteiger partial charge in [-0.1, -0.05) is 30.0 Å². The zero-order valence-electron chi connectivity index (χ0n) is 16.1. The Bertz CT molecular complexity index is 916. The molecule has 1 unspecified atom stereocenters. The fraction of sp³-hybridized carbons (Fsp3) is 0.364. The number of ether oxygens (including phenoxy) is 1. The van der Waals surface area contributed by atoms with Crippen molar-refractivity contribution in [3.63, 3.8) is 0 Å². The Morgan fingerprint density at radius 2 is 1.89 bits per heavy atom. The molecule has 1 N–H and O–H groups in total. The van der Waals surface area contributed by atoms with Crippen LogP contribution in [0.25, 0.3) is 0 Å². The van der Waals surface area contributed by atoms with E-state index in [0.29, 0.717) is 24.8 Å². The zero-order valence-corrected chi connectivity index (χ0v) is 16.9. The van der Waals surface area contributed by atoms with E-state index >= 15 is 0 Å². The average Bonchev–Trinajstić information content (AvgIpc) is 2.73. The second-order valence-corrected chi connectivity index (χ2v) is 8.71. The molecule has 2 aromatic carbocycles. The molecule has 1 heterocycles. The van der Waals surface area contributed by atoms with Crippen molar-refractivity contribution in [1.29, 1.82) is 0 Å². The molecule has 6 heteroatoms. The molecule has 0 saturated carbocycles. The third-order valence-corrected chi connectivity index (χ3v) is 6.28. The lowest BCUT2D eigenvalue weighted by Crippen LogP contribution is -2.41. The van der Waals surface area contributed by atoms with Gasteiger partial charge in [0.15, 0.2) is 0 Å². The predicted octanol–water partition coefficient (Wildman–Crippen LogP) is 2.74. The maximum absolute atomic E-state index is 12.5. The van der Waals surface area contributed by atoms with Crippen molar-refractivity contribution < 1.29 is 13.2 Å². The first-order valence-electron chi connectivity index (χ1n) is 9.47. The molecule has 5 nitrogen and oxygen atoms in total. The van der Waals surface area contributed by atoms with Gasteiger partial charge in [0.25, 0.3) is 0 Å². The van der Waals surface area contributed by atoms with Gasteiger partial charge in [-0.15, -0.1) is 0 Å². The summed E-state index contributed by atoms with van der Waals surface area (Å²) in [6.45, 7) is 3.01. The van der Waals surface area contributed by atoms with Crippen LogP contribution in [-0.2, 0) is 10.0 Å². The van der Waals surface area contributed by atoms with Crippen LogP contribution in [0.5, 0.6) is 5.75 Å². The van der Waals surface area contributed by atoms with Gasteiger partial charge in [-0.2, -0.15) is 0 Å². The van der Waals surface area contributed by atoms with E-state index < -0.39 is 10.0 Å². The lowest BCUT2D eigenvalue weighted by Gasteiger charge is -2.31. The van der Waals surface area contributed by atoms with Crippen LogP contribution in [0.4, 0.5) is 0 Å². The minimum Gasteiger partial charge on any atom is -0.497 e. The Morgan fingerprint density at radius 3 is 2.61 bits per heavy atom. The average molecular weight is 399 g/mol. The molecule has 0 aliphatic carbocycles. The van der Waals surface area contributed by atoms with E-state index in [4.69, 9.17) is 4.74 Å². The van der Waals surface area contributed by atoms with E-state index in [-0.39, 0.29) is 4.90 Å². The molecule has 3 rings (SSSR count). The number of nitrogens with one attached hydrogen (secondary N) is 1. The van der Waals surface area contributed by atoms with Gasteiger partial charge < -0.3 is 4.74 Å². The molecule has 0 amide bonds. The molecule has 1 aliphatic rings. The lowest BCUT2D eigenvalue weighted by molar-refractivity contribution is 0.195. The van der Waals surface area contributed by atoms with Crippen LogP contribution in [0.1, 0.15) is 18.4 Å². The van der Waals surface area contributed by atoms with Crippen molar-refractivity contribution in [3.05, 3.63) is 60.2 Å². The fourth-order valence-corrected chi connectivity index (χ4v) is 4.42. The molecular formula is C22H26N2O3S. The predicted molar refractivity (Wildman–Crippen MR) is 111 cm³/mol. The third kappa shape index (κ3) is 5.83.